The average Bonchev–Trinajstić information content (AvgIpc) is 2.79. The summed E-state index contributed by atoms with van der Waals surface area (Å²) in [6, 6.07) is 16.4. The molecule has 0 saturated carbocycles. The average molecular weight is 610 g/mol. The maximum atomic E-state index is 13.0. The van der Waals surface area contributed by atoms with Crippen LogP contribution in [-0.4, -0.2) is 15.9 Å². The van der Waals surface area contributed by atoms with Crippen molar-refractivity contribution in [2.24, 2.45) is 5.10 Å². The third-order valence-corrected chi connectivity index (χ3v) is 6.45. The van der Waals surface area contributed by atoms with Gasteiger partial charge in [-0.25, -0.2) is 4.98 Å². The third kappa shape index (κ3) is 5.49. The van der Waals surface area contributed by atoms with Crippen LogP contribution in [0.15, 0.2) is 73.4 Å². The highest BCUT2D eigenvalue weighted by atomic mass is 79.9. The van der Waals surface area contributed by atoms with Crippen LogP contribution in [0.5, 0.6) is 5.75 Å². The summed E-state index contributed by atoms with van der Waals surface area (Å²) in [6.45, 7) is 2.27. The summed E-state index contributed by atoms with van der Waals surface area (Å²) in [5.74, 6) is 1.09. The summed E-state index contributed by atoms with van der Waals surface area (Å²) < 4.78 is 8.69. The summed E-state index contributed by atoms with van der Waals surface area (Å²) >= 11 is 19.3. The SMILES string of the molecule is CCc1nc2ccc(Br)cc2c(=O)n1N=Cc1cc(Cl)c(OCc2ccc(Cl)cc2)c(Br)c1. The lowest BCUT2D eigenvalue weighted by atomic mass is 10.2. The zero-order chi connectivity index (χ0) is 23.5. The van der Waals surface area contributed by atoms with Gasteiger partial charge in [0.15, 0.2) is 5.75 Å². The van der Waals surface area contributed by atoms with Crippen molar-refractivity contribution in [2.45, 2.75) is 20.0 Å². The highest BCUT2D eigenvalue weighted by Gasteiger charge is 2.12. The van der Waals surface area contributed by atoms with Crippen molar-refractivity contribution in [3.8, 4) is 5.75 Å². The Hall–Kier alpha value is -2.19. The number of nitrogens with zero attached hydrogens (tertiary/aromatic N) is 3. The van der Waals surface area contributed by atoms with Crippen molar-refractivity contribution in [3.63, 3.8) is 0 Å². The molecule has 0 aliphatic heterocycles. The van der Waals surface area contributed by atoms with Gasteiger partial charge in [0, 0.05) is 15.9 Å². The zero-order valence-electron chi connectivity index (χ0n) is 17.4. The van der Waals surface area contributed by atoms with Gasteiger partial charge in [0.05, 0.1) is 26.6 Å². The highest BCUT2D eigenvalue weighted by molar-refractivity contribution is 9.10. The quantitative estimate of drug-likeness (QED) is 0.216. The lowest BCUT2D eigenvalue weighted by Crippen LogP contribution is -2.22. The minimum Gasteiger partial charge on any atom is -0.486 e. The lowest BCUT2D eigenvalue weighted by molar-refractivity contribution is 0.304. The molecule has 0 fully saturated rings. The van der Waals surface area contributed by atoms with E-state index in [-0.39, 0.29) is 5.56 Å². The van der Waals surface area contributed by atoms with Gasteiger partial charge in [-0.3, -0.25) is 4.79 Å². The summed E-state index contributed by atoms with van der Waals surface area (Å²) in [5, 5.41) is 5.99. The number of hydrogen-bond acceptors (Lipinski definition) is 4. The van der Waals surface area contributed by atoms with E-state index in [1.165, 1.54) is 4.68 Å². The second-order valence-corrected chi connectivity index (χ2v) is 9.75. The molecule has 0 spiro atoms. The molecule has 0 radical (unpaired) electrons. The Morgan fingerprint density at radius 3 is 2.55 bits per heavy atom. The van der Waals surface area contributed by atoms with Crippen LogP contribution in [0.25, 0.3) is 10.9 Å². The maximum Gasteiger partial charge on any atom is 0.282 e. The summed E-state index contributed by atoms with van der Waals surface area (Å²) in [6.07, 6.45) is 2.13. The van der Waals surface area contributed by atoms with Gasteiger partial charge in [0.2, 0.25) is 0 Å². The molecule has 5 nitrogen and oxygen atoms in total. The van der Waals surface area contributed by atoms with Crippen LogP contribution in [0.4, 0.5) is 0 Å². The van der Waals surface area contributed by atoms with Crippen molar-refractivity contribution >= 4 is 72.2 Å². The van der Waals surface area contributed by atoms with Crippen LogP contribution in [0.2, 0.25) is 10.0 Å². The van der Waals surface area contributed by atoms with E-state index < -0.39 is 0 Å². The maximum absolute atomic E-state index is 13.0. The fourth-order valence-corrected chi connectivity index (χ4v) is 4.67. The Morgan fingerprint density at radius 2 is 1.85 bits per heavy atom. The molecule has 0 aliphatic carbocycles. The van der Waals surface area contributed by atoms with Gasteiger partial charge in [0.1, 0.15) is 12.4 Å². The molecule has 4 rings (SSSR count). The van der Waals surface area contributed by atoms with E-state index in [1.54, 1.807) is 18.3 Å². The molecular formula is C24H17Br2Cl2N3O2. The second kappa shape index (κ2) is 10.4. The van der Waals surface area contributed by atoms with Gasteiger partial charge in [-0.1, -0.05) is 58.2 Å². The van der Waals surface area contributed by atoms with Crippen molar-refractivity contribution < 1.29 is 4.74 Å². The van der Waals surface area contributed by atoms with E-state index in [9.17, 15) is 4.79 Å². The van der Waals surface area contributed by atoms with Gasteiger partial charge in [0.25, 0.3) is 5.56 Å². The first kappa shape index (κ1) is 24.0. The molecule has 0 aliphatic rings. The molecule has 1 heterocycles. The van der Waals surface area contributed by atoms with Crippen LogP contribution in [0.1, 0.15) is 23.9 Å². The Morgan fingerprint density at radius 1 is 1.09 bits per heavy atom. The topological polar surface area (TPSA) is 56.5 Å². The summed E-state index contributed by atoms with van der Waals surface area (Å²) in [5.41, 5.74) is 2.07. The van der Waals surface area contributed by atoms with Gasteiger partial charge < -0.3 is 4.74 Å². The Bertz CT molecular complexity index is 1400. The number of hydrogen-bond donors (Lipinski definition) is 0. The number of fused-ring (bicyclic) bond motifs is 1. The van der Waals surface area contributed by atoms with Crippen LogP contribution in [0, 0.1) is 0 Å². The first-order chi connectivity index (χ1) is 15.9. The number of aryl methyl sites for hydroxylation is 1. The predicted octanol–water partition coefficient (Wildman–Crippen LogP) is 7.25. The smallest absolute Gasteiger partial charge is 0.282 e. The molecule has 1 aromatic heterocycles. The monoisotopic (exact) mass is 607 g/mol. The van der Waals surface area contributed by atoms with Crippen molar-refractivity contribution in [1.29, 1.82) is 0 Å². The number of benzene rings is 3. The fourth-order valence-electron chi connectivity index (χ4n) is 3.20. The molecule has 168 valence electrons. The van der Waals surface area contributed by atoms with Gasteiger partial charge in [-0.2, -0.15) is 9.78 Å². The first-order valence-corrected chi connectivity index (χ1v) is 12.3. The van der Waals surface area contributed by atoms with Crippen LogP contribution in [-0.2, 0) is 13.0 Å². The molecule has 9 heteroatoms. The zero-order valence-corrected chi connectivity index (χ0v) is 22.0. The largest absolute Gasteiger partial charge is 0.486 e. The van der Waals surface area contributed by atoms with Crippen molar-refractivity contribution in [2.75, 3.05) is 0 Å². The molecule has 0 unspecified atom stereocenters. The number of halogens is 4. The van der Waals surface area contributed by atoms with Gasteiger partial charge >= 0.3 is 0 Å². The molecule has 0 N–H and O–H groups in total. The summed E-state index contributed by atoms with van der Waals surface area (Å²) in [7, 11) is 0. The highest BCUT2D eigenvalue weighted by Crippen LogP contribution is 2.34. The van der Waals surface area contributed by atoms with Crippen LogP contribution >= 0.6 is 55.1 Å². The number of ether oxygens (including phenoxy) is 1. The van der Waals surface area contributed by atoms with Crippen molar-refractivity contribution in [1.82, 2.24) is 9.66 Å². The Labute approximate surface area is 217 Å². The van der Waals surface area contributed by atoms with Crippen LogP contribution < -0.4 is 10.3 Å². The number of rotatable bonds is 6. The van der Waals surface area contributed by atoms with E-state index in [1.807, 2.05) is 49.4 Å². The summed E-state index contributed by atoms with van der Waals surface area (Å²) in [4.78, 5) is 17.6. The molecule has 4 aromatic rings. The molecule has 0 atom stereocenters. The van der Waals surface area contributed by atoms with E-state index in [2.05, 4.69) is 41.9 Å². The fraction of sp³-hybridized carbons (Fsp3) is 0.125. The second-order valence-electron chi connectivity index (χ2n) is 7.13. The Kier molecular flexibility index (Phi) is 7.54. The van der Waals surface area contributed by atoms with Crippen molar-refractivity contribution in [3.05, 3.63) is 101 Å². The standard InChI is InChI=1S/C24H17Br2Cl2N3O2/c1-2-22-30-21-8-5-16(25)11-18(21)24(32)31(22)29-12-15-9-19(26)23(20(28)10-15)33-13-14-3-6-17(27)7-4-14/h3-12H,2,13H2,1H3. The molecule has 33 heavy (non-hydrogen) atoms. The minimum atomic E-state index is -0.234. The van der Waals surface area contributed by atoms with E-state index in [0.29, 0.717) is 55.6 Å². The van der Waals surface area contributed by atoms with E-state index in [0.717, 1.165) is 10.0 Å². The first-order valence-electron chi connectivity index (χ1n) is 9.97. The predicted molar refractivity (Wildman–Crippen MR) is 141 cm³/mol. The normalized spacial score (nSPS) is 11.4. The lowest BCUT2D eigenvalue weighted by Gasteiger charge is -2.11. The van der Waals surface area contributed by atoms with E-state index in [4.69, 9.17) is 27.9 Å². The Balaban J connectivity index is 1.62. The van der Waals surface area contributed by atoms with Gasteiger partial charge in [-0.15, -0.1) is 0 Å². The van der Waals surface area contributed by atoms with E-state index >= 15 is 0 Å². The molecule has 0 saturated heterocycles. The molecule has 0 bridgehead atoms. The minimum absolute atomic E-state index is 0.234. The number of aromatic nitrogens is 2. The van der Waals surface area contributed by atoms with Gasteiger partial charge in [-0.05, 0) is 69.5 Å². The third-order valence-electron chi connectivity index (χ3n) is 4.83. The van der Waals surface area contributed by atoms with Crippen LogP contribution in [0.3, 0.4) is 0 Å². The molecule has 3 aromatic carbocycles. The molecular weight excluding hydrogens is 593 g/mol. The molecule has 0 amide bonds.